The Morgan fingerprint density at radius 3 is 3.00 bits per heavy atom. The number of halogens is 1. The van der Waals surface area contributed by atoms with Crippen LogP contribution >= 0.6 is 0 Å². The Hall–Kier alpha value is -2.43. The number of carbonyl (C=O) groups excluding carboxylic acids is 1. The molecule has 0 radical (unpaired) electrons. The van der Waals surface area contributed by atoms with Gasteiger partial charge in [-0.25, -0.2) is 9.78 Å². The zero-order chi connectivity index (χ0) is 16.2. The van der Waals surface area contributed by atoms with Crippen LogP contribution in [0.1, 0.15) is 29.9 Å². The van der Waals surface area contributed by atoms with Gasteiger partial charge in [-0.1, -0.05) is 29.8 Å². The van der Waals surface area contributed by atoms with Crippen LogP contribution in [0.25, 0.3) is 0 Å². The number of benzene rings is 1. The van der Waals surface area contributed by atoms with Crippen molar-refractivity contribution in [2.45, 2.75) is 25.7 Å². The smallest absolute Gasteiger partial charge is 0.321 e. The van der Waals surface area contributed by atoms with E-state index >= 15 is 0 Å². The molecule has 1 N–H and O–H groups in total. The van der Waals surface area contributed by atoms with Crippen molar-refractivity contribution < 1.29 is 9.18 Å². The van der Waals surface area contributed by atoms with Gasteiger partial charge in [0.05, 0.1) is 5.69 Å². The average molecular weight is 313 g/mol. The van der Waals surface area contributed by atoms with Gasteiger partial charge >= 0.3 is 6.03 Å². The fraction of sp³-hybridized carbons (Fsp3) is 0.333. The topological polar surface area (TPSA) is 45.2 Å². The Kier molecular flexibility index (Phi) is 4.55. The Balaban J connectivity index is 1.68. The molecule has 120 valence electrons. The zero-order valence-corrected chi connectivity index (χ0v) is 13.1. The number of amides is 2. The molecule has 1 aromatic carbocycles. The molecule has 1 aliphatic heterocycles. The van der Waals surface area contributed by atoms with Gasteiger partial charge in [-0.05, 0) is 37.5 Å². The highest BCUT2D eigenvalue weighted by molar-refractivity contribution is 5.89. The maximum Gasteiger partial charge on any atom is 0.321 e. The number of pyridine rings is 1. The Bertz CT molecular complexity index is 704. The van der Waals surface area contributed by atoms with Gasteiger partial charge in [0.15, 0.2) is 0 Å². The molecule has 23 heavy (non-hydrogen) atoms. The summed E-state index contributed by atoms with van der Waals surface area (Å²) in [6, 6.07) is 11.3. The second kappa shape index (κ2) is 6.77. The molecule has 2 amide bonds. The largest absolute Gasteiger partial charge is 0.324 e. The third kappa shape index (κ3) is 3.67. The van der Waals surface area contributed by atoms with Crippen LogP contribution in [0.5, 0.6) is 0 Å². The minimum Gasteiger partial charge on any atom is -0.324 e. The first-order valence-corrected chi connectivity index (χ1v) is 7.86. The lowest BCUT2D eigenvalue weighted by Crippen LogP contribution is -2.41. The minimum atomic E-state index is -0.659. The van der Waals surface area contributed by atoms with E-state index < -0.39 is 5.95 Å². The van der Waals surface area contributed by atoms with E-state index in [-0.39, 0.29) is 11.7 Å². The fourth-order valence-electron chi connectivity index (χ4n) is 3.03. The van der Waals surface area contributed by atoms with Gasteiger partial charge in [0.2, 0.25) is 5.95 Å². The molecular formula is C18H20FN3O. The summed E-state index contributed by atoms with van der Waals surface area (Å²) < 4.78 is 13.6. The standard InChI is InChI=1S/C18H20FN3O/c1-13-5-2-6-14(11-13)15-7-4-10-22(12-15)18(23)21-16-8-3-9-20-17(16)19/h2-3,5-6,8-9,11,15H,4,7,10,12H2,1H3,(H,21,23)/t15-/m0/s1. The third-order valence-corrected chi connectivity index (χ3v) is 4.22. The van der Waals surface area contributed by atoms with Crippen molar-refractivity contribution in [1.82, 2.24) is 9.88 Å². The lowest BCUT2D eigenvalue weighted by molar-refractivity contribution is 0.192. The average Bonchev–Trinajstić information content (AvgIpc) is 2.57. The summed E-state index contributed by atoms with van der Waals surface area (Å²) >= 11 is 0. The van der Waals surface area contributed by atoms with Crippen LogP contribution in [0.4, 0.5) is 14.9 Å². The predicted octanol–water partition coefficient (Wildman–Crippen LogP) is 3.94. The number of aryl methyl sites for hydroxylation is 1. The summed E-state index contributed by atoms with van der Waals surface area (Å²) in [6.07, 6.45) is 3.37. The van der Waals surface area contributed by atoms with Crippen molar-refractivity contribution in [1.29, 1.82) is 0 Å². The van der Waals surface area contributed by atoms with Crippen molar-refractivity contribution in [2.24, 2.45) is 0 Å². The predicted molar refractivity (Wildman–Crippen MR) is 87.9 cm³/mol. The van der Waals surface area contributed by atoms with Gasteiger partial charge in [-0.2, -0.15) is 4.39 Å². The quantitative estimate of drug-likeness (QED) is 0.854. The summed E-state index contributed by atoms with van der Waals surface area (Å²) in [5, 5.41) is 2.61. The van der Waals surface area contributed by atoms with E-state index in [1.54, 1.807) is 11.0 Å². The molecule has 0 spiro atoms. The number of nitrogens with zero attached hydrogens (tertiary/aromatic N) is 2. The number of hydrogen-bond donors (Lipinski definition) is 1. The molecule has 0 bridgehead atoms. The SMILES string of the molecule is Cc1cccc([C@H]2CCCN(C(=O)Nc3cccnc3F)C2)c1. The Labute approximate surface area is 135 Å². The number of anilines is 1. The van der Waals surface area contributed by atoms with E-state index in [0.717, 1.165) is 12.8 Å². The van der Waals surface area contributed by atoms with Crippen LogP contribution in [-0.2, 0) is 0 Å². The van der Waals surface area contributed by atoms with Crippen molar-refractivity contribution in [3.05, 3.63) is 59.7 Å². The molecule has 1 fully saturated rings. The van der Waals surface area contributed by atoms with Crippen molar-refractivity contribution in [3.63, 3.8) is 0 Å². The molecule has 0 aliphatic carbocycles. The molecule has 4 nitrogen and oxygen atoms in total. The van der Waals surface area contributed by atoms with E-state index in [1.165, 1.54) is 23.4 Å². The monoisotopic (exact) mass is 313 g/mol. The van der Waals surface area contributed by atoms with Crippen LogP contribution in [0.2, 0.25) is 0 Å². The second-order valence-corrected chi connectivity index (χ2v) is 5.97. The van der Waals surface area contributed by atoms with Crippen molar-refractivity contribution in [2.75, 3.05) is 18.4 Å². The number of rotatable bonds is 2. The summed E-state index contributed by atoms with van der Waals surface area (Å²) in [4.78, 5) is 17.7. The molecule has 2 aromatic rings. The maximum atomic E-state index is 13.6. The van der Waals surface area contributed by atoms with E-state index in [2.05, 4.69) is 41.5 Å². The lowest BCUT2D eigenvalue weighted by atomic mass is 9.90. The van der Waals surface area contributed by atoms with Gasteiger partial charge in [-0.3, -0.25) is 0 Å². The molecule has 1 aromatic heterocycles. The normalized spacial score (nSPS) is 17.8. The van der Waals surface area contributed by atoms with Gasteiger partial charge in [0.1, 0.15) is 0 Å². The van der Waals surface area contributed by atoms with Gasteiger partial charge in [0.25, 0.3) is 0 Å². The number of likely N-dealkylation sites (tertiary alicyclic amines) is 1. The van der Waals surface area contributed by atoms with Crippen LogP contribution in [0, 0.1) is 12.9 Å². The molecule has 0 unspecified atom stereocenters. The first-order valence-electron chi connectivity index (χ1n) is 7.86. The molecular weight excluding hydrogens is 293 g/mol. The number of aromatic nitrogens is 1. The van der Waals surface area contributed by atoms with E-state index in [1.807, 2.05) is 0 Å². The number of nitrogens with one attached hydrogen (secondary N) is 1. The maximum absolute atomic E-state index is 13.6. The summed E-state index contributed by atoms with van der Waals surface area (Å²) in [6.45, 7) is 3.41. The molecule has 0 saturated carbocycles. The Morgan fingerprint density at radius 2 is 2.22 bits per heavy atom. The van der Waals surface area contributed by atoms with E-state index in [4.69, 9.17) is 0 Å². The highest BCUT2D eigenvalue weighted by Crippen LogP contribution is 2.27. The molecule has 1 aliphatic rings. The summed E-state index contributed by atoms with van der Waals surface area (Å²) in [5.41, 5.74) is 2.60. The van der Waals surface area contributed by atoms with Gasteiger partial charge in [-0.15, -0.1) is 0 Å². The first kappa shape index (κ1) is 15.5. The van der Waals surface area contributed by atoms with Crippen molar-refractivity contribution in [3.8, 4) is 0 Å². The van der Waals surface area contributed by atoms with Crippen LogP contribution in [0.15, 0.2) is 42.6 Å². The number of urea groups is 1. The highest BCUT2D eigenvalue weighted by atomic mass is 19.1. The van der Waals surface area contributed by atoms with E-state index in [9.17, 15) is 9.18 Å². The van der Waals surface area contributed by atoms with E-state index in [0.29, 0.717) is 19.0 Å². The summed E-state index contributed by atoms with van der Waals surface area (Å²) in [7, 11) is 0. The number of carbonyl (C=O) groups is 1. The minimum absolute atomic E-state index is 0.121. The molecule has 2 heterocycles. The lowest BCUT2D eigenvalue weighted by Gasteiger charge is -2.33. The van der Waals surface area contributed by atoms with Gasteiger partial charge < -0.3 is 10.2 Å². The molecule has 5 heteroatoms. The molecule has 3 rings (SSSR count). The number of piperidine rings is 1. The second-order valence-electron chi connectivity index (χ2n) is 5.97. The van der Waals surface area contributed by atoms with Crippen molar-refractivity contribution >= 4 is 11.7 Å². The van der Waals surface area contributed by atoms with Crippen LogP contribution < -0.4 is 5.32 Å². The first-order chi connectivity index (χ1) is 11.1. The molecule has 1 saturated heterocycles. The Morgan fingerprint density at radius 1 is 1.35 bits per heavy atom. The number of hydrogen-bond acceptors (Lipinski definition) is 2. The fourth-order valence-corrected chi connectivity index (χ4v) is 3.03. The summed E-state index contributed by atoms with van der Waals surface area (Å²) in [5.74, 6) is -0.332. The zero-order valence-electron chi connectivity index (χ0n) is 13.1. The third-order valence-electron chi connectivity index (χ3n) is 4.22. The highest BCUT2D eigenvalue weighted by Gasteiger charge is 2.25. The molecule has 1 atom stereocenters. The van der Waals surface area contributed by atoms with Crippen LogP contribution in [-0.4, -0.2) is 29.0 Å². The van der Waals surface area contributed by atoms with Crippen LogP contribution in [0.3, 0.4) is 0 Å². The van der Waals surface area contributed by atoms with Gasteiger partial charge in [0, 0.05) is 25.2 Å².